The van der Waals surface area contributed by atoms with E-state index in [9.17, 15) is 0 Å². The van der Waals surface area contributed by atoms with E-state index in [-0.39, 0.29) is 6.10 Å². The largest absolute Gasteiger partial charge is 0.398 e. The summed E-state index contributed by atoms with van der Waals surface area (Å²) in [6.45, 7) is 7.65. The van der Waals surface area contributed by atoms with Crippen LogP contribution in [-0.2, 0) is 4.74 Å². The van der Waals surface area contributed by atoms with Crippen molar-refractivity contribution in [2.75, 3.05) is 30.8 Å². The molecule has 1 aromatic heterocycles. The summed E-state index contributed by atoms with van der Waals surface area (Å²) < 4.78 is 5.61. The number of nitrogens with two attached hydrogens (primary N) is 1. The zero-order valence-corrected chi connectivity index (χ0v) is 12.7. The zero-order chi connectivity index (χ0) is 14.7. The van der Waals surface area contributed by atoms with Crippen molar-refractivity contribution in [2.24, 2.45) is 0 Å². The summed E-state index contributed by atoms with van der Waals surface area (Å²) in [5.41, 5.74) is 8.95. The molecule has 0 fully saturated rings. The smallest absolute Gasteiger partial charge is 0.0644 e. The van der Waals surface area contributed by atoms with E-state index in [2.05, 4.69) is 29.1 Å². The number of hydrogen-bond acceptors (Lipinski definition) is 4. The highest BCUT2D eigenvalue weighted by molar-refractivity contribution is 6.01. The number of benzene rings is 1. The third-order valence-corrected chi connectivity index (χ3v) is 3.34. The van der Waals surface area contributed by atoms with Gasteiger partial charge in [0.2, 0.25) is 0 Å². The number of likely N-dealkylation sites (N-methyl/N-ethyl adjacent to an activating group) is 1. The summed E-state index contributed by atoms with van der Waals surface area (Å²) in [7, 11) is 2.07. The number of rotatable bonds is 5. The molecule has 0 saturated carbocycles. The van der Waals surface area contributed by atoms with Crippen LogP contribution in [0.3, 0.4) is 0 Å². The fraction of sp³-hybridized carbons (Fsp3) is 0.438. The summed E-state index contributed by atoms with van der Waals surface area (Å²) >= 11 is 0. The van der Waals surface area contributed by atoms with E-state index in [1.807, 2.05) is 33.0 Å². The zero-order valence-electron chi connectivity index (χ0n) is 12.7. The summed E-state index contributed by atoms with van der Waals surface area (Å²) in [4.78, 5) is 6.53. The molecular formula is C16H23N3O. The highest BCUT2D eigenvalue weighted by atomic mass is 16.5. The first-order valence-corrected chi connectivity index (χ1v) is 6.96. The van der Waals surface area contributed by atoms with Gasteiger partial charge in [0, 0.05) is 47.6 Å². The average molecular weight is 273 g/mol. The first kappa shape index (κ1) is 14.6. The van der Waals surface area contributed by atoms with E-state index in [4.69, 9.17) is 10.5 Å². The molecule has 2 N–H and O–H groups in total. The molecule has 4 heteroatoms. The fourth-order valence-electron chi connectivity index (χ4n) is 2.23. The van der Waals surface area contributed by atoms with Gasteiger partial charge in [0.25, 0.3) is 0 Å². The lowest BCUT2D eigenvalue weighted by molar-refractivity contribution is 0.0846. The summed E-state index contributed by atoms with van der Waals surface area (Å²) in [6.07, 6.45) is 2.11. The van der Waals surface area contributed by atoms with E-state index in [0.29, 0.717) is 6.61 Å². The molecule has 0 aliphatic heterocycles. The van der Waals surface area contributed by atoms with E-state index in [1.54, 1.807) is 0 Å². The lowest BCUT2D eigenvalue weighted by atomic mass is 10.1. The Labute approximate surface area is 120 Å². The van der Waals surface area contributed by atoms with Gasteiger partial charge >= 0.3 is 0 Å². The quantitative estimate of drug-likeness (QED) is 0.851. The van der Waals surface area contributed by atoms with Gasteiger partial charge in [-0.15, -0.1) is 0 Å². The maximum Gasteiger partial charge on any atom is 0.0644 e. The van der Waals surface area contributed by atoms with Gasteiger partial charge in [0.15, 0.2) is 0 Å². The number of aryl methyl sites for hydroxylation is 1. The number of ether oxygens (including phenoxy) is 1. The standard InChI is InChI=1S/C16H23N3O/c1-11(2)20-8-7-19(4)16-6-5-15(17)14-10-18-12(3)9-13(14)16/h5-6,9-11H,7-8,17H2,1-4H3. The minimum Gasteiger partial charge on any atom is -0.398 e. The van der Waals surface area contributed by atoms with Crippen LogP contribution in [0.1, 0.15) is 19.5 Å². The van der Waals surface area contributed by atoms with Crippen LogP contribution < -0.4 is 10.6 Å². The van der Waals surface area contributed by atoms with E-state index >= 15 is 0 Å². The van der Waals surface area contributed by atoms with Gasteiger partial charge in [-0.25, -0.2) is 0 Å². The number of pyridine rings is 1. The van der Waals surface area contributed by atoms with E-state index in [0.717, 1.165) is 34.4 Å². The highest BCUT2D eigenvalue weighted by Gasteiger charge is 2.09. The Morgan fingerprint density at radius 1 is 1.30 bits per heavy atom. The van der Waals surface area contributed by atoms with Gasteiger partial charge in [-0.1, -0.05) is 0 Å². The number of aromatic nitrogens is 1. The number of nitrogens with zero attached hydrogens (tertiary/aromatic N) is 2. The number of nitrogen functional groups attached to an aromatic ring is 1. The second-order valence-electron chi connectivity index (χ2n) is 5.39. The Morgan fingerprint density at radius 2 is 2.05 bits per heavy atom. The Morgan fingerprint density at radius 3 is 2.75 bits per heavy atom. The van der Waals surface area contributed by atoms with E-state index in [1.165, 1.54) is 0 Å². The monoisotopic (exact) mass is 273 g/mol. The van der Waals surface area contributed by atoms with Crippen molar-refractivity contribution in [2.45, 2.75) is 26.9 Å². The van der Waals surface area contributed by atoms with Crippen LogP contribution in [0.5, 0.6) is 0 Å². The molecule has 2 aromatic rings. The van der Waals surface area contributed by atoms with Crippen molar-refractivity contribution < 1.29 is 4.74 Å². The first-order valence-electron chi connectivity index (χ1n) is 6.96. The number of anilines is 2. The van der Waals surface area contributed by atoms with Gasteiger partial charge in [0.1, 0.15) is 0 Å². The third kappa shape index (κ3) is 3.20. The molecule has 0 radical (unpaired) electrons. The minimum absolute atomic E-state index is 0.262. The van der Waals surface area contributed by atoms with Gasteiger partial charge in [-0.05, 0) is 39.0 Å². The first-order chi connectivity index (χ1) is 9.49. The molecule has 1 aromatic carbocycles. The molecule has 108 valence electrons. The van der Waals surface area contributed by atoms with Crippen LogP contribution >= 0.6 is 0 Å². The third-order valence-electron chi connectivity index (χ3n) is 3.34. The van der Waals surface area contributed by atoms with Crippen molar-refractivity contribution in [1.29, 1.82) is 0 Å². The molecule has 2 rings (SSSR count). The van der Waals surface area contributed by atoms with E-state index < -0.39 is 0 Å². The van der Waals surface area contributed by atoms with Crippen LogP contribution in [-0.4, -0.2) is 31.3 Å². The van der Waals surface area contributed by atoms with Crippen LogP contribution in [0.25, 0.3) is 10.8 Å². The van der Waals surface area contributed by atoms with Crippen LogP contribution in [0, 0.1) is 6.92 Å². The lowest BCUT2D eigenvalue weighted by Crippen LogP contribution is -2.24. The fourth-order valence-corrected chi connectivity index (χ4v) is 2.23. The Balaban J connectivity index is 2.29. The lowest BCUT2D eigenvalue weighted by Gasteiger charge is -2.22. The van der Waals surface area contributed by atoms with Crippen LogP contribution in [0.4, 0.5) is 11.4 Å². The number of hydrogen-bond donors (Lipinski definition) is 1. The molecule has 0 aliphatic rings. The highest BCUT2D eigenvalue weighted by Crippen LogP contribution is 2.30. The van der Waals surface area contributed by atoms with Crippen molar-refractivity contribution >= 4 is 22.1 Å². The SMILES string of the molecule is Cc1cc2c(N(C)CCOC(C)C)ccc(N)c2cn1. The molecule has 0 amide bonds. The van der Waals surface area contributed by atoms with Crippen molar-refractivity contribution in [1.82, 2.24) is 4.98 Å². The van der Waals surface area contributed by atoms with Crippen LogP contribution in [0.15, 0.2) is 24.4 Å². The predicted octanol–water partition coefficient (Wildman–Crippen LogP) is 2.99. The second-order valence-corrected chi connectivity index (χ2v) is 5.39. The molecule has 0 unspecified atom stereocenters. The minimum atomic E-state index is 0.262. The molecule has 20 heavy (non-hydrogen) atoms. The molecular weight excluding hydrogens is 250 g/mol. The van der Waals surface area contributed by atoms with Crippen LogP contribution in [0.2, 0.25) is 0 Å². The summed E-state index contributed by atoms with van der Waals surface area (Å²) in [6, 6.07) is 6.09. The second kappa shape index (κ2) is 6.09. The Hall–Kier alpha value is -1.81. The van der Waals surface area contributed by atoms with Crippen molar-refractivity contribution in [3.63, 3.8) is 0 Å². The molecule has 0 aliphatic carbocycles. The molecule has 0 bridgehead atoms. The Bertz CT molecular complexity index is 596. The molecule has 0 atom stereocenters. The summed E-state index contributed by atoms with van der Waals surface area (Å²) in [5, 5.41) is 2.15. The molecule has 0 saturated heterocycles. The Kier molecular flexibility index (Phi) is 4.45. The predicted molar refractivity (Wildman–Crippen MR) is 85.3 cm³/mol. The van der Waals surface area contributed by atoms with Gasteiger partial charge in [0.05, 0.1) is 12.7 Å². The number of fused-ring (bicyclic) bond motifs is 1. The van der Waals surface area contributed by atoms with Gasteiger partial charge in [-0.3, -0.25) is 4.98 Å². The van der Waals surface area contributed by atoms with Crippen molar-refractivity contribution in [3.05, 3.63) is 30.1 Å². The van der Waals surface area contributed by atoms with Gasteiger partial charge < -0.3 is 15.4 Å². The summed E-state index contributed by atoms with van der Waals surface area (Å²) in [5.74, 6) is 0. The maximum absolute atomic E-state index is 6.03. The van der Waals surface area contributed by atoms with Crippen molar-refractivity contribution in [3.8, 4) is 0 Å². The molecule has 1 heterocycles. The molecule has 0 spiro atoms. The average Bonchev–Trinajstić information content (AvgIpc) is 2.38. The normalized spacial score (nSPS) is 11.2. The maximum atomic E-state index is 6.03. The van der Waals surface area contributed by atoms with Gasteiger partial charge in [-0.2, -0.15) is 0 Å². The molecule has 4 nitrogen and oxygen atoms in total. The topological polar surface area (TPSA) is 51.4 Å².